The van der Waals surface area contributed by atoms with Crippen LogP contribution in [0.2, 0.25) is 0 Å². The molecule has 3 aliphatic rings. The number of aryl methyl sites for hydroxylation is 1. The van der Waals surface area contributed by atoms with Crippen LogP contribution in [-0.2, 0) is 24.1 Å². The lowest BCUT2D eigenvalue weighted by Crippen LogP contribution is -2.41. The molecule has 1 N–H and O–H groups in total. The number of aliphatic imine (C=N–C) groups is 1. The number of H-pyrrole nitrogens is 1. The number of benzene rings is 2. The molecule has 1 aromatic heterocycles. The quantitative estimate of drug-likeness (QED) is 0.662. The van der Waals surface area contributed by atoms with E-state index < -0.39 is 0 Å². The van der Waals surface area contributed by atoms with Gasteiger partial charge < -0.3 is 19.5 Å². The van der Waals surface area contributed by atoms with Crippen LogP contribution < -0.4 is 4.90 Å². The molecule has 0 spiro atoms. The summed E-state index contributed by atoms with van der Waals surface area (Å²) in [5.41, 5.74) is 7.10. The van der Waals surface area contributed by atoms with E-state index in [1.807, 2.05) is 6.07 Å². The summed E-state index contributed by atoms with van der Waals surface area (Å²) >= 11 is 0. The fourth-order valence-electron chi connectivity index (χ4n) is 4.99. The van der Waals surface area contributed by atoms with Crippen molar-refractivity contribution in [3.63, 3.8) is 0 Å². The number of anilines is 1. The summed E-state index contributed by atoms with van der Waals surface area (Å²) in [6, 6.07) is 11.7. The highest BCUT2D eigenvalue weighted by Crippen LogP contribution is 2.35. The molecular weight excluding hydrogens is 379 g/mol. The number of hydrogen-bond donors (Lipinski definition) is 1. The van der Waals surface area contributed by atoms with E-state index in [0.717, 1.165) is 75.2 Å². The Hall–Kier alpha value is -2.86. The zero-order chi connectivity index (χ0) is 20.1. The van der Waals surface area contributed by atoms with Crippen LogP contribution >= 0.6 is 0 Å². The molecule has 3 aromatic rings. The number of nitrogens with one attached hydrogen (secondary N) is 1. The topological polar surface area (TPSA) is 43.9 Å². The molecule has 6 rings (SSSR count). The van der Waals surface area contributed by atoms with Gasteiger partial charge in [-0.3, -0.25) is 0 Å². The Labute approximate surface area is 175 Å². The molecule has 6 heteroatoms. The van der Waals surface area contributed by atoms with Crippen molar-refractivity contribution in [2.75, 3.05) is 37.7 Å². The number of aromatic amines is 1. The number of ether oxygens (including phenoxy) is 1. The maximum Gasteiger partial charge on any atom is 0.123 e. The fraction of sp³-hybridized carbons (Fsp3) is 0.375. The van der Waals surface area contributed by atoms with Crippen molar-refractivity contribution in [1.82, 2.24) is 9.88 Å². The largest absolute Gasteiger partial charge is 0.378 e. The van der Waals surface area contributed by atoms with Crippen LogP contribution in [0.25, 0.3) is 10.9 Å². The smallest absolute Gasteiger partial charge is 0.123 e. The number of rotatable bonds is 1. The van der Waals surface area contributed by atoms with Crippen molar-refractivity contribution in [3.05, 3.63) is 59.0 Å². The van der Waals surface area contributed by atoms with Gasteiger partial charge in [0.15, 0.2) is 0 Å². The average Bonchev–Trinajstić information content (AvgIpc) is 3.16. The van der Waals surface area contributed by atoms with Gasteiger partial charge in [0.05, 0.1) is 25.4 Å². The standard InChI is InChI=1S/C24H25FN4O/c25-17-3-5-21-20(13-17)19-7-8-29(15-23(19)26-21)18-4-1-16-2-6-24(27-22(16)14-18)28-9-11-30-12-10-28/h1,3-5,13-14,26H,2,6-12,15H2. The van der Waals surface area contributed by atoms with E-state index in [4.69, 9.17) is 9.73 Å². The van der Waals surface area contributed by atoms with Crippen molar-refractivity contribution < 1.29 is 9.13 Å². The molecule has 0 saturated carbocycles. The third-order valence-electron chi connectivity index (χ3n) is 6.61. The minimum absolute atomic E-state index is 0.171. The third kappa shape index (κ3) is 3.06. The van der Waals surface area contributed by atoms with E-state index in [2.05, 4.69) is 33.0 Å². The van der Waals surface area contributed by atoms with Gasteiger partial charge >= 0.3 is 0 Å². The van der Waals surface area contributed by atoms with Crippen molar-refractivity contribution in [1.29, 1.82) is 0 Å². The molecule has 1 saturated heterocycles. The highest BCUT2D eigenvalue weighted by molar-refractivity contribution is 5.88. The maximum atomic E-state index is 13.7. The van der Waals surface area contributed by atoms with Gasteiger partial charge in [0.25, 0.3) is 0 Å². The first kappa shape index (κ1) is 18.0. The lowest BCUT2D eigenvalue weighted by Gasteiger charge is -2.33. The summed E-state index contributed by atoms with van der Waals surface area (Å²) in [5, 5.41) is 1.02. The van der Waals surface area contributed by atoms with Gasteiger partial charge in [0.2, 0.25) is 0 Å². The van der Waals surface area contributed by atoms with Crippen LogP contribution in [0.3, 0.4) is 0 Å². The van der Waals surface area contributed by atoms with Gasteiger partial charge in [0.1, 0.15) is 11.7 Å². The van der Waals surface area contributed by atoms with E-state index in [-0.39, 0.29) is 5.82 Å². The number of halogens is 1. The predicted octanol–water partition coefficient (Wildman–Crippen LogP) is 4.18. The molecule has 154 valence electrons. The summed E-state index contributed by atoms with van der Waals surface area (Å²) < 4.78 is 19.2. The zero-order valence-electron chi connectivity index (χ0n) is 17.0. The first-order chi connectivity index (χ1) is 14.7. The van der Waals surface area contributed by atoms with Crippen molar-refractivity contribution in [2.45, 2.75) is 25.8 Å². The van der Waals surface area contributed by atoms with Crippen LogP contribution in [0.15, 0.2) is 41.4 Å². The Balaban J connectivity index is 1.29. The molecule has 0 unspecified atom stereocenters. The lowest BCUT2D eigenvalue weighted by atomic mass is 10.0. The van der Waals surface area contributed by atoms with E-state index in [9.17, 15) is 4.39 Å². The maximum absolute atomic E-state index is 13.7. The van der Waals surface area contributed by atoms with E-state index in [1.54, 1.807) is 6.07 Å². The SMILES string of the molecule is Fc1ccc2[nH]c3c(c2c1)CCN(c1ccc2c(c1)N=C(N1CCOCC1)CC2)C3. The molecule has 0 aliphatic carbocycles. The second kappa shape index (κ2) is 7.13. The number of aromatic nitrogens is 1. The number of amidine groups is 1. The molecule has 0 radical (unpaired) electrons. The molecule has 5 nitrogen and oxygen atoms in total. The fourth-order valence-corrected chi connectivity index (χ4v) is 4.99. The van der Waals surface area contributed by atoms with E-state index in [0.29, 0.717) is 0 Å². The Morgan fingerprint density at radius 1 is 0.933 bits per heavy atom. The Morgan fingerprint density at radius 3 is 2.73 bits per heavy atom. The molecule has 3 aliphatic heterocycles. The minimum atomic E-state index is -0.171. The molecule has 0 bridgehead atoms. The highest BCUT2D eigenvalue weighted by atomic mass is 19.1. The minimum Gasteiger partial charge on any atom is -0.378 e. The van der Waals surface area contributed by atoms with Crippen molar-refractivity contribution in [3.8, 4) is 0 Å². The normalized spacial score (nSPS) is 18.9. The van der Waals surface area contributed by atoms with E-state index in [1.165, 1.54) is 34.4 Å². The van der Waals surface area contributed by atoms with Crippen LogP contribution in [-0.4, -0.2) is 48.6 Å². The summed E-state index contributed by atoms with van der Waals surface area (Å²) in [4.78, 5) is 13.3. The van der Waals surface area contributed by atoms with Gasteiger partial charge in [-0.2, -0.15) is 0 Å². The Bertz CT molecular complexity index is 1150. The molecule has 0 atom stereocenters. The Kier molecular flexibility index (Phi) is 4.27. The van der Waals surface area contributed by atoms with Gasteiger partial charge in [-0.05, 0) is 54.3 Å². The number of fused-ring (bicyclic) bond motifs is 4. The monoisotopic (exact) mass is 404 g/mol. The Morgan fingerprint density at radius 2 is 1.83 bits per heavy atom. The van der Waals surface area contributed by atoms with Crippen molar-refractivity contribution >= 4 is 28.1 Å². The van der Waals surface area contributed by atoms with Crippen LogP contribution in [0.5, 0.6) is 0 Å². The first-order valence-electron chi connectivity index (χ1n) is 10.8. The summed E-state index contributed by atoms with van der Waals surface area (Å²) in [7, 11) is 0. The summed E-state index contributed by atoms with van der Waals surface area (Å²) in [6.07, 6.45) is 2.97. The molecule has 0 amide bonds. The van der Waals surface area contributed by atoms with Gasteiger partial charge in [-0.1, -0.05) is 6.07 Å². The lowest BCUT2D eigenvalue weighted by molar-refractivity contribution is 0.0671. The second-order valence-corrected chi connectivity index (χ2v) is 8.38. The van der Waals surface area contributed by atoms with Crippen LogP contribution in [0.4, 0.5) is 15.8 Å². The van der Waals surface area contributed by atoms with E-state index >= 15 is 0 Å². The third-order valence-corrected chi connectivity index (χ3v) is 6.61. The highest BCUT2D eigenvalue weighted by Gasteiger charge is 2.23. The van der Waals surface area contributed by atoms with Crippen LogP contribution in [0.1, 0.15) is 23.2 Å². The number of hydrogen-bond acceptors (Lipinski definition) is 4. The molecule has 4 heterocycles. The molecule has 2 aromatic carbocycles. The summed E-state index contributed by atoms with van der Waals surface area (Å²) in [6.45, 7) is 5.18. The second-order valence-electron chi connectivity index (χ2n) is 8.38. The van der Waals surface area contributed by atoms with Gasteiger partial charge in [-0.25, -0.2) is 9.38 Å². The van der Waals surface area contributed by atoms with Gasteiger partial charge in [0, 0.05) is 48.3 Å². The molecule has 30 heavy (non-hydrogen) atoms. The molecular formula is C24H25FN4O. The zero-order valence-corrected chi connectivity index (χ0v) is 17.0. The number of morpholine rings is 1. The average molecular weight is 404 g/mol. The van der Waals surface area contributed by atoms with Crippen molar-refractivity contribution in [2.24, 2.45) is 4.99 Å². The van der Waals surface area contributed by atoms with Gasteiger partial charge in [-0.15, -0.1) is 0 Å². The van der Waals surface area contributed by atoms with Crippen LogP contribution in [0, 0.1) is 5.82 Å². The first-order valence-corrected chi connectivity index (χ1v) is 10.8. The predicted molar refractivity (Wildman–Crippen MR) is 117 cm³/mol. The number of nitrogens with zero attached hydrogens (tertiary/aromatic N) is 3. The molecule has 1 fully saturated rings. The summed E-state index contributed by atoms with van der Waals surface area (Å²) in [5.74, 6) is 1.02.